The zero-order chi connectivity index (χ0) is 12.6. The summed E-state index contributed by atoms with van der Waals surface area (Å²) in [7, 11) is 0. The minimum Gasteiger partial charge on any atom is -0.386 e. The second-order valence-corrected chi connectivity index (χ2v) is 5.69. The van der Waals surface area contributed by atoms with E-state index in [-0.39, 0.29) is 0 Å². The SMILES string of the molecule is CCCNCC(C)(O)COCC1CCCCC1. The Morgan fingerprint density at radius 3 is 2.65 bits per heavy atom. The standard InChI is InChI=1S/C14H29NO2/c1-3-9-15-11-14(2,16)12-17-10-13-7-5-4-6-8-13/h13,15-16H,3-12H2,1-2H3. The van der Waals surface area contributed by atoms with Crippen LogP contribution in [0, 0.1) is 5.92 Å². The zero-order valence-corrected chi connectivity index (χ0v) is 11.5. The second kappa shape index (κ2) is 8.06. The van der Waals surface area contributed by atoms with Crippen molar-refractivity contribution >= 4 is 0 Å². The van der Waals surface area contributed by atoms with E-state index in [4.69, 9.17) is 4.74 Å². The monoisotopic (exact) mass is 243 g/mol. The van der Waals surface area contributed by atoms with E-state index < -0.39 is 5.60 Å². The zero-order valence-electron chi connectivity index (χ0n) is 11.5. The van der Waals surface area contributed by atoms with Gasteiger partial charge in [0.1, 0.15) is 0 Å². The molecule has 0 radical (unpaired) electrons. The summed E-state index contributed by atoms with van der Waals surface area (Å²) in [6.07, 6.45) is 7.78. The van der Waals surface area contributed by atoms with Crippen molar-refractivity contribution in [2.45, 2.75) is 58.0 Å². The van der Waals surface area contributed by atoms with Crippen molar-refractivity contribution < 1.29 is 9.84 Å². The first-order chi connectivity index (χ1) is 8.14. The van der Waals surface area contributed by atoms with Gasteiger partial charge in [-0.05, 0) is 38.6 Å². The number of rotatable bonds is 8. The lowest BCUT2D eigenvalue weighted by atomic mass is 9.90. The maximum absolute atomic E-state index is 10.1. The van der Waals surface area contributed by atoms with Crippen LogP contribution in [0.15, 0.2) is 0 Å². The minimum atomic E-state index is -0.732. The van der Waals surface area contributed by atoms with Crippen LogP contribution in [0.1, 0.15) is 52.4 Å². The van der Waals surface area contributed by atoms with Gasteiger partial charge in [-0.15, -0.1) is 0 Å². The minimum absolute atomic E-state index is 0.445. The molecule has 17 heavy (non-hydrogen) atoms. The molecule has 0 aromatic carbocycles. The summed E-state index contributed by atoms with van der Waals surface area (Å²) in [5.74, 6) is 0.725. The van der Waals surface area contributed by atoms with Crippen LogP contribution in [0.2, 0.25) is 0 Å². The summed E-state index contributed by atoms with van der Waals surface area (Å²) in [6, 6.07) is 0. The molecule has 1 fully saturated rings. The van der Waals surface area contributed by atoms with E-state index in [1.165, 1.54) is 32.1 Å². The predicted octanol–water partition coefficient (Wildman–Crippen LogP) is 2.33. The Labute approximate surface area is 106 Å². The molecular formula is C14H29NO2. The fourth-order valence-electron chi connectivity index (χ4n) is 2.38. The lowest BCUT2D eigenvalue weighted by molar-refractivity contribution is -0.0434. The summed E-state index contributed by atoms with van der Waals surface area (Å²) >= 11 is 0. The lowest BCUT2D eigenvalue weighted by Crippen LogP contribution is -2.42. The Morgan fingerprint density at radius 1 is 1.29 bits per heavy atom. The summed E-state index contributed by atoms with van der Waals surface area (Å²) in [6.45, 7) is 6.81. The first kappa shape index (κ1) is 14.9. The third-order valence-corrected chi connectivity index (χ3v) is 3.42. The van der Waals surface area contributed by atoms with Crippen molar-refractivity contribution in [1.29, 1.82) is 0 Å². The van der Waals surface area contributed by atoms with Crippen LogP contribution in [0.25, 0.3) is 0 Å². The maximum atomic E-state index is 10.1. The molecule has 0 aromatic heterocycles. The van der Waals surface area contributed by atoms with Gasteiger partial charge in [0, 0.05) is 13.2 Å². The van der Waals surface area contributed by atoms with Gasteiger partial charge in [-0.2, -0.15) is 0 Å². The van der Waals surface area contributed by atoms with E-state index >= 15 is 0 Å². The van der Waals surface area contributed by atoms with Gasteiger partial charge in [-0.25, -0.2) is 0 Å². The average Bonchev–Trinajstić information content (AvgIpc) is 2.30. The van der Waals surface area contributed by atoms with Crippen molar-refractivity contribution in [2.75, 3.05) is 26.3 Å². The third-order valence-electron chi connectivity index (χ3n) is 3.42. The second-order valence-electron chi connectivity index (χ2n) is 5.69. The van der Waals surface area contributed by atoms with E-state index in [0.717, 1.165) is 25.5 Å². The van der Waals surface area contributed by atoms with Crippen LogP contribution in [0.3, 0.4) is 0 Å². The number of hydrogen-bond donors (Lipinski definition) is 2. The highest BCUT2D eigenvalue weighted by molar-refractivity contribution is 4.75. The smallest absolute Gasteiger partial charge is 0.0975 e. The normalized spacial score (nSPS) is 21.4. The molecule has 1 rings (SSSR count). The largest absolute Gasteiger partial charge is 0.386 e. The Balaban J connectivity index is 2.06. The molecule has 0 aliphatic heterocycles. The molecule has 1 aliphatic carbocycles. The van der Waals surface area contributed by atoms with Crippen molar-refractivity contribution in [2.24, 2.45) is 5.92 Å². The number of aliphatic hydroxyl groups is 1. The Morgan fingerprint density at radius 2 is 2.00 bits per heavy atom. The Hall–Kier alpha value is -0.120. The predicted molar refractivity (Wildman–Crippen MR) is 71.2 cm³/mol. The van der Waals surface area contributed by atoms with Crippen molar-refractivity contribution in [1.82, 2.24) is 5.32 Å². The number of hydrogen-bond acceptors (Lipinski definition) is 3. The van der Waals surface area contributed by atoms with Crippen molar-refractivity contribution in [3.05, 3.63) is 0 Å². The molecule has 1 atom stereocenters. The lowest BCUT2D eigenvalue weighted by Gasteiger charge is -2.26. The fourth-order valence-corrected chi connectivity index (χ4v) is 2.38. The molecule has 1 aliphatic rings. The number of ether oxygens (including phenoxy) is 1. The summed E-state index contributed by atoms with van der Waals surface area (Å²) in [5, 5.41) is 13.3. The average molecular weight is 243 g/mol. The Bertz CT molecular complexity index is 189. The first-order valence-corrected chi connectivity index (χ1v) is 7.15. The number of nitrogens with one attached hydrogen (secondary N) is 1. The van der Waals surface area contributed by atoms with Gasteiger partial charge in [-0.1, -0.05) is 26.2 Å². The molecule has 2 N–H and O–H groups in total. The molecule has 0 saturated heterocycles. The van der Waals surface area contributed by atoms with E-state index in [0.29, 0.717) is 13.2 Å². The van der Waals surface area contributed by atoms with Crippen LogP contribution in [0.5, 0.6) is 0 Å². The molecule has 102 valence electrons. The van der Waals surface area contributed by atoms with Crippen LogP contribution >= 0.6 is 0 Å². The van der Waals surface area contributed by atoms with Crippen molar-refractivity contribution in [3.63, 3.8) is 0 Å². The molecule has 0 aromatic rings. The van der Waals surface area contributed by atoms with Gasteiger partial charge in [-0.3, -0.25) is 0 Å². The maximum Gasteiger partial charge on any atom is 0.0975 e. The van der Waals surface area contributed by atoms with E-state index in [9.17, 15) is 5.11 Å². The van der Waals surface area contributed by atoms with Crippen LogP contribution in [-0.2, 0) is 4.74 Å². The highest BCUT2D eigenvalue weighted by Crippen LogP contribution is 2.23. The van der Waals surface area contributed by atoms with E-state index in [1.54, 1.807) is 0 Å². The van der Waals surface area contributed by atoms with Gasteiger partial charge in [0.05, 0.1) is 12.2 Å². The molecule has 0 bridgehead atoms. The first-order valence-electron chi connectivity index (χ1n) is 7.15. The van der Waals surface area contributed by atoms with Gasteiger partial charge in [0.15, 0.2) is 0 Å². The highest BCUT2D eigenvalue weighted by atomic mass is 16.5. The topological polar surface area (TPSA) is 41.5 Å². The van der Waals surface area contributed by atoms with Crippen LogP contribution in [-0.4, -0.2) is 37.0 Å². The molecule has 3 nitrogen and oxygen atoms in total. The highest BCUT2D eigenvalue weighted by Gasteiger charge is 2.21. The molecule has 1 saturated carbocycles. The van der Waals surface area contributed by atoms with E-state index in [2.05, 4.69) is 12.2 Å². The molecule has 0 spiro atoms. The van der Waals surface area contributed by atoms with Gasteiger partial charge in [0.25, 0.3) is 0 Å². The van der Waals surface area contributed by atoms with Gasteiger partial charge in [0.2, 0.25) is 0 Å². The Kier molecular flexibility index (Phi) is 7.09. The van der Waals surface area contributed by atoms with Gasteiger partial charge < -0.3 is 15.2 Å². The third kappa shape index (κ3) is 7.02. The summed E-state index contributed by atoms with van der Waals surface area (Å²) < 4.78 is 5.68. The summed E-state index contributed by atoms with van der Waals surface area (Å²) in [5.41, 5.74) is -0.732. The molecular weight excluding hydrogens is 214 g/mol. The van der Waals surface area contributed by atoms with Crippen LogP contribution in [0.4, 0.5) is 0 Å². The molecule has 3 heteroatoms. The molecule has 1 unspecified atom stereocenters. The molecule has 0 amide bonds. The van der Waals surface area contributed by atoms with Gasteiger partial charge >= 0.3 is 0 Å². The fraction of sp³-hybridized carbons (Fsp3) is 1.00. The quantitative estimate of drug-likeness (QED) is 0.643. The van der Waals surface area contributed by atoms with Crippen molar-refractivity contribution in [3.8, 4) is 0 Å². The molecule has 0 heterocycles. The van der Waals surface area contributed by atoms with Crippen LogP contribution < -0.4 is 5.32 Å². The summed E-state index contributed by atoms with van der Waals surface area (Å²) in [4.78, 5) is 0. The van der Waals surface area contributed by atoms with E-state index in [1.807, 2.05) is 6.92 Å².